The number of carbonyl (C=O) groups is 1. The predicted octanol–water partition coefficient (Wildman–Crippen LogP) is 0.643. The molecule has 9 heteroatoms. The van der Waals surface area contributed by atoms with Gasteiger partial charge >= 0.3 is 0 Å². The summed E-state index contributed by atoms with van der Waals surface area (Å²) in [5.74, 6) is 0.801. The standard InChI is InChI=1S/C13H20ClN5O2S/c14-10-9-12(18-13(15)17-10)22-8-1-11(20)16-2-3-19-4-6-21-7-5-19/h9H,1-8H2,(H,16,20)(H2,15,17,18). The molecule has 1 aromatic rings. The average molecular weight is 346 g/mol. The van der Waals surface area contributed by atoms with E-state index in [4.69, 9.17) is 22.1 Å². The van der Waals surface area contributed by atoms with E-state index in [1.165, 1.54) is 11.8 Å². The van der Waals surface area contributed by atoms with Crippen LogP contribution >= 0.6 is 23.4 Å². The highest BCUT2D eigenvalue weighted by molar-refractivity contribution is 7.99. The van der Waals surface area contributed by atoms with Crippen LogP contribution in [0.1, 0.15) is 6.42 Å². The monoisotopic (exact) mass is 345 g/mol. The molecule has 0 radical (unpaired) electrons. The summed E-state index contributed by atoms with van der Waals surface area (Å²) in [5, 5.41) is 3.91. The van der Waals surface area contributed by atoms with Crippen LogP contribution in [0, 0.1) is 0 Å². The Balaban J connectivity index is 1.59. The molecule has 0 saturated carbocycles. The molecule has 0 aromatic carbocycles. The molecular weight excluding hydrogens is 326 g/mol. The number of thioether (sulfide) groups is 1. The summed E-state index contributed by atoms with van der Waals surface area (Å²) in [5.41, 5.74) is 5.51. The summed E-state index contributed by atoms with van der Waals surface area (Å²) >= 11 is 7.23. The Morgan fingerprint density at radius 2 is 2.23 bits per heavy atom. The molecule has 7 nitrogen and oxygen atoms in total. The number of hydrogen-bond acceptors (Lipinski definition) is 7. The number of anilines is 1. The van der Waals surface area contributed by atoms with Gasteiger partial charge < -0.3 is 15.8 Å². The number of nitrogen functional groups attached to an aromatic ring is 1. The highest BCUT2D eigenvalue weighted by Crippen LogP contribution is 2.19. The van der Waals surface area contributed by atoms with Crippen LogP contribution in [0.2, 0.25) is 5.15 Å². The van der Waals surface area contributed by atoms with Gasteiger partial charge in [-0.05, 0) is 0 Å². The van der Waals surface area contributed by atoms with Crippen LogP contribution in [-0.4, -0.2) is 65.9 Å². The summed E-state index contributed by atoms with van der Waals surface area (Å²) in [7, 11) is 0. The first-order chi connectivity index (χ1) is 10.6. The second kappa shape index (κ2) is 9.14. The first-order valence-corrected chi connectivity index (χ1v) is 8.49. The minimum Gasteiger partial charge on any atom is -0.379 e. The van der Waals surface area contributed by atoms with Crippen molar-refractivity contribution in [2.75, 3.05) is 50.9 Å². The third-order valence-corrected chi connectivity index (χ3v) is 4.23. The van der Waals surface area contributed by atoms with Gasteiger partial charge in [0.05, 0.1) is 13.2 Å². The molecule has 0 aliphatic carbocycles. The largest absolute Gasteiger partial charge is 0.379 e. The molecule has 2 heterocycles. The first kappa shape index (κ1) is 17.3. The van der Waals surface area contributed by atoms with Crippen LogP contribution in [0.3, 0.4) is 0 Å². The number of morpholine rings is 1. The number of nitrogens with one attached hydrogen (secondary N) is 1. The van der Waals surface area contributed by atoms with Crippen LogP contribution in [-0.2, 0) is 9.53 Å². The lowest BCUT2D eigenvalue weighted by Crippen LogP contribution is -2.41. The molecule has 22 heavy (non-hydrogen) atoms. The lowest BCUT2D eigenvalue weighted by molar-refractivity contribution is -0.120. The Kier molecular flexibility index (Phi) is 7.17. The van der Waals surface area contributed by atoms with Crippen LogP contribution in [0.15, 0.2) is 11.1 Å². The lowest BCUT2D eigenvalue weighted by atomic mass is 10.4. The molecule has 122 valence electrons. The molecule has 1 aromatic heterocycles. The average Bonchev–Trinajstić information content (AvgIpc) is 2.47. The Labute approximate surface area is 139 Å². The van der Waals surface area contributed by atoms with E-state index < -0.39 is 0 Å². The van der Waals surface area contributed by atoms with Gasteiger partial charge in [0.1, 0.15) is 10.2 Å². The second-order valence-electron chi connectivity index (χ2n) is 4.79. The molecule has 2 rings (SSSR count). The van der Waals surface area contributed by atoms with E-state index in [0.717, 1.165) is 32.8 Å². The van der Waals surface area contributed by atoms with Crippen molar-refractivity contribution in [2.24, 2.45) is 0 Å². The fourth-order valence-electron chi connectivity index (χ4n) is 2.00. The summed E-state index contributed by atoms with van der Waals surface area (Å²) < 4.78 is 5.28. The highest BCUT2D eigenvalue weighted by Gasteiger charge is 2.10. The normalized spacial score (nSPS) is 15.7. The Morgan fingerprint density at radius 1 is 1.45 bits per heavy atom. The lowest BCUT2D eigenvalue weighted by Gasteiger charge is -2.26. The zero-order valence-electron chi connectivity index (χ0n) is 12.3. The maximum Gasteiger partial charge on any atom is 0.222 e. The van der Waals surface area contributed by atoms with Crippen LogP contribution < -0.4 is 11.1 Å². The van der Waals surface area contributed by atoms with Crippen LogP contribution in [0.5, 0.6) is 0 Å². The topological polar surface area (TPSA) is 93.4 Å². The van der Waals surface area contributed by atoms with Gasteiger partial charge in [0, 0.05) is 44.4 Å². The van der Waals surface area contributed by atoms with E-state index in [1.54, 1.807) is 6.07 Å². The molecule has 0 unspecified atom stereocenters. The Hall–Kier alpha value is -1.09. The molecule has 0 atom stereocenters. The summed E-state index contributed by atoms with van der Waals surface area (Å²) in [6, 6.07) is 1.64. The molecule has 3 N–H and O–H groups in total. The van der Waals surface area contributed by atoms with E-state index >= 15 is 0 Å². The smallest absolute Gasteiger partial charge is 0.222 e. The number of carbonyl (C=O) groups excluding carboxylic acids is 1. The van der Waals surface area contributed by atoms with Gasteiger partial charge in [-0.25, -0.2) is 9.97 Å². The third-order valence-electron chi connectivity index (χ3n) is 3.12. The van der Waals surface area contributed by atoms with Crippen molar-refractivity contribution < 1.29 is 9.53 Å². The van der Waals surface area contributed by atoms with E-state index in [-0.39, 0.29) is 11.9 Å². The second-order valence-corrected chi connectivity index (χ2v) is 6.29. The van der Waals surface area contributed by atoms with Crippen molar-refractivity contribution in [3.05, 3.63) is 11.2 Å². The van der Waals surface area contributed by atoms with Crippen LogP contribution in [0.4, 0.5) is 5.95 Å². The highest BCUT2D eigenvalue weighted by atomic mass is 35.5. The van der Waals surface area contributed by atoms with Crippen molar-refractivity contribution in [3.8, 4) is 0 Å². The summed E-state index contributed by atoms with van der Waals surface area (Å²) in [6.07, 6.45) is 0.426. The number of rotatable bonds is 7. The van der Waals surface area contributed by atoms with Crippen molar-refractivity contribution in [2.45, 2.75) is 11.4 Å². The zero-order valence-corrected chi connectivity index (χ0v) is 13.8. The molecule has 1 saturated heterocycles. The number of aromatic nitrogens is 2. The predicted molar refractivity (Wildman–Crippen MR) is 87.1 cm³/mol. The molecule has 1 aliphatic rings. The number of nitrogens with two attached hydrogens (primary N) is 1. The van der Waals surface area contributed by atoms with Gasteiger partial charge in [-0.3, -0.25) is 9.69 Å². The number of nitrogens with zero attached hydrogens (tertiary/aromatic N) is 3. The van der Waals surface area contributed by atoms with E-state index in [9.17, 15) is 4.79 Å². The minimum absolute atomic E-state index is 0.0360. The summed E-state index contributed by atoms with van der Waals surface area (Å²) in [6.45, 7) is 4.93. The van der Waals surface area contributed by atoms with Gasteiger partial charge in [-0.1, -0.05) is 11.6 Å². The maximum atomic E-state index is 11.8. The first-order valence-electron chi connectivity index (χ1n) is 7.13. The van der Waals surface area contributed by atoms with Gasteiger partial charge in [0.25, 0.3) is 0 Å². The molecule has 0 bridgehead atoms. The number of amides is 1. The fourth-order valence-corrected chi connectivity index (χ4v) is 3.11. The molecule has 0 spiro atoms. The van der Waals surface area contributed by atoms with Crippen molar-refractivity contribution in [1.82, 2.24) is 20.2 Å². The zero-order chi connectivity index (χ0) is 15.8. The molecule has 1 aliphatic heterocycles. The maximum absolute atomic E-state index is 11.8. The third kappa shape index (κ3) is 6.35. The summed E-state index contributed by atoms with van der Waals surface area (Å²) in [4.78, 5) is 21.9. The number of halogens is 1. The SMILES string of the molecule is Nc1nc(Cl)cc(SCCC(=O)NCCN2CCOCC2)n1. The molecule has 1 fully saturated rings. The fraction of sp³-hybridized carbons (Fsp3) is 0.615. The van der Waals surface area contributed by atoms with Crippen molar-refractivity contribution >= 4 is 35.2 Å². The van der Waals surface area contributed by atoms with Gasteiger partial charge in [0.15, 0.2) is 0 Å². The van der Waals surface area contributed by atoms with E-state index in [2.05, 4.69) is 20.2 Å². The van der Waals surface area contributed by atoms with Crippen molar-refractivity contribution in [3.63, 3.8) is 0 Å². The van der Waals surface area contributed by atoms with Crippen molar-refractivity contribution in [1.29, 1.82) is 0 Å². The molecule has 1 amide bonds. The Bertz CT molecular complexity index is 479. The van der Waals surface area contributed by atoms with Gasteiger partial charge in [-0.15, -0.1) is 11.8 Å². The number of ether oxygens (including phenoxy) is 1. The Morgan fingerprint density at radius 3 is 2.95 bits per heavy atom. The quantitative estimate of drug-likeness (QED) is 0.553. The van der Waals surface area contributed by atoms with Gasteiger partial charge in [-0.2, -0.15) is 0 Å². The van der Waals surface area contributed by atoms with Gasteiger partial charge in [0.2, 0.25) is 11.9 Å². The van der Waals surface area contributed by atoms with E-state index in [1.807, 2.05) is 0 Å². The minimum atomic E-state index is 0.0360. The number of hydrogen-bond donors (Lipinski definition) is 2. The van der Waals surface area contributed by atoms with E-state index in [0.29, 0.717) is 28.9 Å². The van der Waals surface area contributed by atoms with Crippen LogP contribution in [0.25, 0.3) is 0 Å². The molecular formula is C13H20ClN5O2S.